The predicted octanol–water partition coefficient (Wildman–Crippen LogP) is 4.35. The van der Waals surface area contributed by atoms with Crippen molar-refractivity contribution in [2.24, 2.45) is 0 Å². The molecule has 2 heterocycles. The second kappa shape index (κ2) is 7.03. The molecular weight excluding hydrogens is 336 g/mol. The number of benzene rings is 2. The van der Waals surface area contributed by atoms with E-state index in [9.17, 15) is 4.79 Å². The summed E-state index contributed by atoms with van der Waals surface area (Å²) in [6.07, 6.45) is 3.35. The van der Waals surface area contributed by atoms with Crippen LogP contribution in [0.15, 0.2) is 67.0 Å². The Morgan fingerprint density at radius 2 is 1.81 bits per heavy atom. The van der Waals surface area contributed by atoms with Crippen LogP contribution in [0.3, 0.4) is 0 Å². The maximum atomic E-state index is 12.6. The molecule has 2 aromatic heterocycles. The van der Waals surface area contributed by atoms with Crippen LogP contribution in [0.25, 0.3) is 11.0 Å². The van der Waals surface area contributed by atoms with Gasteiger partial charge in [-0.1, -0.05) is 36.4 Å². The number of carbonyl (C=O) groups is 1. The Kier molecular flexibility index (Phi) is 4.42. The number of aromatic nitrogens is 3. The molecule has 0 spiro atoms. The molecule has 0 unspecified atom stereocenters. The summed E-state index contributed by atoms with van der Waals surface area (Å²) < 4.78 is 1.84. The molecule has 0 aliphatic heterocycles. The van der Waals surface area contributed by atoms with E-state index in [1.807, 2.05) is 61.0 Å². The Bertz CT molecular complexity index is 1120. The molecule has 4 rings (SSSR count). The summed E-state index contributed by atoms with van der Waals surface area (Å²) >= 11 is 0. The molecule has 0 radical (unpaired) electrons. The molecule has 0 aliphatic rings. The van der Waals surface area contributed by atoms with Crippen LogP contribution in [0.4, 0.5) is 5.69 Å². The summed E-state index contributed by atoms with van der Waals surface area (Å²) in [7, 11) is 0. The summed E-state index contributed by atoms with van der Waals surface area (Å²) in [6.45, 7) is 4.72. The van der Waals surface area contributed by atoms with E-state index in [4.69, 9.17) is 0 Å². The van der Waals surface area contributed by atoms with Gasteiger partial charge < -0.3 is 5.32 Å². The molecule has 0 fully saturated rings. The third-order valence-corrected chi connectivity index (χ3v) is 4.68. The highest BCUT2D eigenvalue weighted by Crippen LogP contribution is 2.18. The lowest BCUT2D eigenvalue weighted by Crippen LogP contribution is -2.12. The van der Waals surface area contributed by atoms with Gasteiger partial charge in [0.05, 0.1) is 18.3 Å². The first-order valence-electron chi connectivity index (χ1n) is 8.84. The van der Waals surface area contributed by atoms with Crippen molar-refractivity contribution < 1.29 is 4.79 Å². The van der Waals surface area contributed by atoms with Gasteiger partial charge in [-0.05, 0) is 48.7 Å². The Morgan fingerprint density at radius 1 is 1.00 bits per heavy atom. The van der Waals surface area contributed by atoms with E-state index in [-0.39, 0.29) is 5.91 Å². The number of rotatable bonds is 4. The van der Waals surface area contributed by atoms with Crippen molar-refractivity contribution in [1.29, 1.82) is 0 Å². The molecule has 5 heteroatoms. The number of fused-ring (bicyclic) bond motifs is 1. The van der Waals surface area contributed by atoms with Crippen LogP contribution in [0.1, 0.15) is 27.0 Å². The van der Waals surface area contributed by atoms with Crippen molar-refractivity contribution in [3.8, 4) is 0 Å². The fourth-order valence-electron chi connectivity index (χ4n) is 2.99. The van der Waals surface area contributed by atoms with E-state index in [2.05, 4.69) is 27.5 Å². The third-order valence-electron chi connectivity index (χ3n) is 4.68. The highest BCUT2D eigenvalue weighted by Gasteiger charge is 2.11. The number of hydrogen-bond acceptors (Lipinski definition) is 3. The van der Waals surface area contributed by atoms with E-state index in [0.29, 0.717) is 12.1 Å². The zero-order valence-electron chi connectivity index (χ0n) is 15.3. The summed E-state index contributed by atoms with van der Waals surface area (Å²) in [5, 5.41) is 8.20. The van der Waals surface area contributed by atoms with Crippen molar-refractivity contribution in [3.63, 3.8) is 0 Å². The van der Waals surface area contributed by atoms with Crippen LogP contribution in [0.5, 0.6) is 0 Å². The largest absolute Gasteiger partial charge is 0.322 e. The smallest absolute Gasteiger partial charge is 0.257 e. The SMILES string of the molecule is Cc1ccc(NC(=O)c2cnc3c(cnn3Cc3ccccc3)c2)cc1C. The topological polar surface area (TPSA) is 59.8 Å². The van der Waals surface area contributed by atoms with E-state index in [1.54, 1.807) is 12.4 Å². The van der Waals surface area contributed by atoms with E-state index >= 15 is 0 Å². The van der Waals surface area contributed by atoms with Crippen LogP contribution < -0.4 is 5.32 Å². The van der Waals surface area contributed by atoms with Crippen molar-refractivity contribution in [2.75, 3.05) is 5.32 Å². The molecule has 2 aromatic carbocycles. The first-order valence-corrected chi connectivity index (χ1v) is 8.84. The molecule has 0 aliphatic carbocycles. The first kappa shape index (κ1) is 17.0. The maximum Gasteiger partial charge on any atom is 0.257 e. The number of nitrogens with one attached hydrogen (secondary N) is 1. The Balaban J connectivity index is 1.56. The number of hydrogen-bond donors (Lipinski definition) is 1. The van der Waals surface area contributed by atoms with E-state index in [0.717, 1.165) is 27.8 Å². The van der Waals surface area contributed by atoms with E-state index in [1.165, 1.54) is 5.56 Å². The Morgan fingerprint density at radius 3 is 2.59 bits per heavy atom. The van der Waals surface area contributed by atoms with Gasteiger partial charge in [-0.15, -0.1) is 0 Å². The molecule has 1 amide bonds. The summed E-state index contributed by atoms with van der Waals surface area (Å²) in [4.78, 5) is 17.0. The highest BCUT2D eigenvalue weighted by atomic mass is 16.1. The monoisotopic (exact) mass is 356 g/mol. The predicted molar refractivity (Wildman–Crippen MR) is 107 cm³/mol. The molecule has 134 valence electrons. The highest BCUT2D eigenvalue weighted by molar-refractivity contribution is 6.05. The molecular formula is C22H20N4O. The average molecular weight is 356 g/mol. The fraction of sp³-hybridized carbons (Fsp3) is 0.136. The number of amides is 1. The zero-order chi connectivity index (χ0) is 18.8. The minimum atomic E-state index is -0.177. The third kappa shape index (κ3) is 3.58. The van der Waals surface area contributed by atoms with Gasteiger partial charge in [-0.2, -0.15) is 5.10 Å². The molecule has 27 heavy (non-hydrogen) atoms. The van der Waals surface area contributed by atoms with Gasteiger partial charge in [0, 0.05) is 17.3 Å². The molecule has 5 nitrogen and oxygen atoms in total. The molecule has 4 aromatic rings. The Labute approximate surface area is 157 Å². The summed E-state index contributed by atoms with van der Waals surface area (Å²) in [5.41, 5.74) is 5.55. The summed E-state index contributed by atoms with van der Waals surface area (Å²) in [5.74, 6) is -0.177. The second-order valence-corrected chi connectivity index (χ2v) is 6.68. The second-order valence-electron chi connectivity index (χ2n) is 6.68. The fourth-order valence-corrected chi connectivity index (χ4v) is 2.99. The number of pyridine rings is 1. The minimum Gasteiger partial charge on any atom is -0.322 e. The van der Waals surface area contributed by atoms with Gasteiger partial charge in [0.2, 0.25) is 0 Å². The minimum absolute atomic E-state index is 0.177. The lowest BCUT2D eigenvalue weighted by molar-refractivity contribution is 0.102. The lowest BCUT2D eigenvalue weighted by Gasteiger charge is -2.08. The van der Waals surface area contributed by atoms with Gasteiger partial charge in [-0.3, -0.25) is 4.79 Å². The van der Waals surface area contributed by atoms with Gasteiger partial charge >= 0.3 is 0 Å². The quantitative estimate of drug-likeness (QED) is 0.591. The standard InChI is InChI=1S/C22H20N4O/c1-15-8-9-20(10-16(15)2)25-22(27)19-11-18-13-24-26(21(18)23-12-19)14-17-6-4-3-5-7-17/h3-13H,14H2,1-2H3,(H,25,27). The number of anilines is 1. The summed E-state index contributed by atoms with van der Waals surface area (Å²) in [6, 6.07) is 17.8. The lowest BCUT2D eigenvalue weighted by atomic mass is 10.1. The molecule has 0 atom stereocenters. The van der Waals surface area contributed by atoms with Crippen LogP contribution in [-0.4, -0.2) is 20.7 Å². The van der Waals surface area contributed by atoms with Crippen LogP contribution in [0.2, 0.25) is 0 Å². The van der Waals surface area contributed by atoms with Crippen molar-refractivity contribution in [3.05, 3.63) is 89.2 Å². The zero-order valence-corrected chi connectivity index (χ0v) is 15.3. The number of aryl methyl sites for hydroxylation is 2. The van der Waals surface area contributed by atoms with Crippen LogP contribution in [-0.2, 0) is 6.54 Å². The van der Waals surface area contributed by atoms with Gasteiger partial charge in [-0.25, -0.2) is 9.67 Å². The van der Waals surface area contributed by atoms with Crippen LogP contribution in [0, 0.1) is 13.8 Å². The van der Waals surface area contributed by atoms with Gasteiger partial charge in [0.15, 0.2) is 5.65 Å². The van der Waals surface area contributed by atoms with Gasteiger partial charge in [0.25, 0.3) is 5.91 Å². The molecule has 0 saturated carbocycles. The molecule has 0 bridgehead atoms. The average Bonchev–Trinajstić information content (AvgIpc) is 3.07. The number of carbonyl (C=O) groups excluding carboxylic acids is 1. The van der Waals surface area contributed by atoms with Crippen molar-refractivity contribution >= 4 is 22.6 Å². The molecule has 0 saturated heterocycles. The Hall–Kier alpha value is -3.47. The van der Waals surface area contributed by atoms with Crippen LogP contribution >= 0.6 is 0 Å². The van der Waals surface area contributed by atoms with E-state index < -0.39 is 0 Å². The normalized spacial score (nSPS) is 10.9. The van der Waals surface area contributed by atoms with Gasteiger partial charge in [0.1, 0.15) is 0 Å². The first-order chi connectivity index (χ1) is 13.1. The number of nitrogens with zero attached hydrogens (tertiary/aromatic N) is 3. The maximum absolute atomic E-state index is 12.6. The molecule has 1 N–H and O–H groups in total. The van der Waals surface area contributed by atoms with Crippen molar-refractivity contribution in [1.82, 2.24) is 14.8 Å². The van der Waals surface area contributed by atoms with Crippen molar-refractivity contribution in [2.45, 2.75) is 20.4 Å².